The van der Waals surface area contributed by atoms with Gasteiger partial charge in [-0.1, -0.05) is 0 Å². The number of carbonyl (C=O) groups excluding carboxylic acids is 4. The van der Waals surface area contributed by atoms with Gasteiger partial charge in [-0.15, -0.1) is 0 Å². The summed E-state index contributed by atoms with van der Waals surface area (Å²) in [5, 5.41) is 12.8. The first kappa shape index (κ1) is 18.3. The lowest BCUT2D eigenvalue weighted by molar-refractivity contribution is -0.143. The van der Waals surface area contributed by atoms with Crippen LogP contribution in [0.15, 0.2) is 0 Å². The van der Waals surface area contributed by atoms with Crippen LogP contribution in [0.4, 0.5) is 0 Å². The fraction of sp³-hybridized carbons (Fsp3) is 0.500. The summed E-state index contributed by atoms with van der Waals surface area (Å²) < 4.78 is 0. The number of aliphatic carboxylic acids is 1. The van der Waals surface area contributed by atoms with Crippen LogP contribution in [0.25, 0.3) is 0 Å². The van der Waals surface area contributed by atoms with Crippen molar-refractivity contribution in [2.75, 3.05) is 6.54 Å². The second kappa shape index (κ2) is 8.47. The molecule has 0 aromatic heterocycles. The molecule has 0 aliphatic rings. The fourth-order valence-electron chi connectivity index (χ4n) is 1.25. The maximum absolute atomic E-state index is 11.4. The zero-order chi connectivity index (χ0) is 16.6. The van der Waals surface area contributed by atoms with Crippen LogP contribution in [0.5, 0.6) is 0 Å². The van der Waals surface area contributed by atoms with Crippen molar-refractivity contribution in [3.8, 4) is 0 Å². The lowest BCUT2D eigenvalue weighted by Gasteiger charge is -2.14. The van der Waals surface area contributed by atoms with Gasteiger partial charge < -0.3 is 32.9 Å². The Labute approximate surface area is 119 Å². The second-order valence-corrected chi connectivity index (χ2v) is 4.12. The quantitative estimate of drug-likeness (QED) is 0.247. The van der Waals surface area contributed by atoms with Gasteiger partial charge in [0.1, 0.15) is 6.04 Å². The first-order valence-corrected chi connectivity index (χ1v) is 5.75. The van der Waals surface area contributed by atoms with E-state index in [1.54, 1.807) is 0 Å². The van der Waals surface area contributed by atoms with Crippen molar-refractivity contribution in [3.05, 3.63) is 0 Å². The molecule has 0 aliphatic carbocycles. The molecule has 0 rings (SSSR count). The molecule has 2 atom stereocenters. The molecule has 11 nitrogen and oxygen atoms in total. The van der Waals surface area contributed by atoms with Crippen molar-refractivity contribution in [1.29, 1.82) is 0 Å². The van der Waals surface area contributed by atoms with E-state index in [2.05, 4.69) is 5.32 Å². The van der Waals surface area contributed by atoms with Gasteiger partial charge in [0, 0.05) is 0 Å². The van der Waals surface area contributed by atoms with Gasteiger partial charge in [-0.25, -0.2) is 4.79 Å². The SMILES string of the molecule is NC(=O)C[C@H](NC(=O)CNC(=O)[C@@H](N)CC(N)=O)C(=O)O. The van der Waals surface area contributed by atoms with E-state index in [9.17, 15) is 24.0 Å². The maximum atomic E-state index is 11.4. The van der Waals surface area contributed by atoms with Crippen molar-refractivity contribution in [2.24, 2.45) is 17.2 Å². The molecule has 0 aromatic rings. The number of rotatable bonds is 9. The third-order valence-electron chi connectivity index (χ3n) is 2.22. The van der Waals surface area contributed by atoms with E-state index in [1.165, 1.54) is 0 Å². The zero-order valence-electron chi connectivity index (χ0n) is 11.0. The Morgan fingerprint density at radius 1 is 1.00 bits per heavy atom. The summed E-state index contributed by atoms with van der Waals surface area (Å²) in [6.45, 7) is -0.576. The Kier molecular flexibility index (Phi) is 7.39. The molecule has 0 aromatic carbocycles. The molecule has 9 N–H and O–H groups in total. The highest BCUT2D eigenvalue weighted by Crippen LogP contribution is 1.92. The summed E-state index contributed by atoms with van der Waals surface area (Å²) >= 11 is 0. The second-order valence-electron chi connectivity index (χ2n) is 4.12. The van der Waals surface area contributed by atoms with Gasteiger partial charge in [-0.05, 0) is 0 Å². The summed E-state index contributed by atoms with van der Waals surface area (Å²) in [6, 6.07) is -2.71. The summed E-state index contributed by atoms with van der Waals surface area (Å²) in [6.07, 6.45) is -0.983. The monoisotopic (exact) mass is 303 g/mol. The number of nitrogens with two attached hydrogens (primary N) is 3. The van der Waals surface area contributed by atoms with Crippen LogP contribution in [0.2, 0.25) is 0 Å². The van der Waals surface area contributed by atoms with E-state index >= 15 is 0 Å². The Bertz CT molecular complexity index is 451. The number of primary amides is 2. The average Bonchev–Trinajstić information content (AvgIpc) is 2.33. The van der Waals surface area contributed by atoms with Gasteiger partial charge in [0.15, 0.2) is 0 Å². The summed E-state index contributed by atoms with van der Waals surface area (Å²) in [5.41, 5.74) is 15.0. The number of carbonyl (C=O) groups is 5. The van der Waals surface area contributed by atoms with Crippen molar-refractivity contribution >= 4 is 29.6 Å². The van der Waals surface area contributed by atoms with Gasteiger partial charge in [0.05, 0.1) is 25.4 Å². The third kappa shape index (κ3) is 8.15. The maximum Gasteiger partial charge on any atom is 0.326 e. The Balaban J connectivity index is 4.30. The van der Waals surface area contributed by atoms with Crippen LogP contribution in [-0.4, -0.2) is 53.3 Å². The number of hydrogen-bond acceptors (Lipinski definition) is 6. The minimum Gasteiger partial charge on any atom is -0.480 e. The summed E-state index contributed by atoms with van der Waals surface area (Å²) in [5.74, 6) is -4.79. The van der Waals surface area contributed by atoms with E-state index in [4.69, 9.17) is 22.3 Å². The van der Waals surface area contributed by atoms with Crippen molar-refractivity contribution < 1.29 is 29.1 Å². The molecule has 0 radical (unpaired) electrons. The standard InChI is InChI=1S/C10H17N5O6/c11-4(1-6(12)16)9(19)14-3-8(18)15-5(10(20)21)2-7(13)17/h4-5H,1-3,11H2,(H2,12,16)(H2,13,17)(H,14,19)(H,15,18)(H,20,21)/t4-,5-/m0/s1. The van der Waals surface area contributed by atoms with Gasteiger partial charge in [0.2, 0.25) is 23.6 Å². The molecule has 0 bridgehead atoms. The van der Waals surface area contributed by atoms with Crippen LogP contribution < -0.4 is 27.8 Å². The van der Waals surface area contributed by atoms with E-state index in [0.717, 1.165) is 0 Å². The highest BCUT2D eigenvalue weighted by molar-refractivity contribution is 5.92. The molecule has 0 fully saturated rings. The molecule has 21 heavy (non-hydrogen) atoms. The summed E-state index contributed by atoms with van der Waals surface area (Å²) in [7, 11) is 0. The molecule has 0 saturated carbocycles. The van der Waals surface area contributed by atoms with Gasteiger partial charge in [0.25, 0.3) is 0 Å². The van der Waals surface area contributed by atoms with Crippen LogP contribution in [0.1, 0.15) is 12.8 Å². The molecule has 0 heterocycles. The number of carboxylic acid groups (broad SMARTS) is 1. The van der Waals surface area contributed by atoms with E-state index in [1.807, 2.05) is 5.32 Å². The third-order valence-corrected chi connectivity index (χ3v) is 2.22. The highest BCUT2D eigenvalue weighted by Gasteiger charge is 2.23. The Hall–Kier alpha value is -2.69. The minimum atomic E-state index is -1.49. The molecule has 0 spiro atoms. The van der Waals surface area contributed by atoms with Gasteiger partial charge in [-0.2, -0.15) is 0 Å². The predicted octanol–water partition coefficient (Wildman–Crippen LogP) is -4.25. The molecule has 4 amide bonds. The fourth-order valence-corrected chi connectivity index (χ4v) is 1.25. The van der Waals surface area contributed by atoms with Crippen LogP contribution in [-0.2, 0) is 24.0 Å². The van der Waals surface area contributed by atoms with E-state index < -0.39 is 61.1 Å². The lowest BCUT2D eigenvalue weighted by atomic mass is 10.2. The number of nitrogens with one attached hydrogen (secondary N) is 2. The first-order valence-electron chi connectivity index (χ1n) is 5.75. The number of hydrogen-bond donors (Lipinski definition) is 6. The normalized spacial score (nSPS) is 12.8. The van der Waals surface area contributed by atoms with Crippen LogP contribution >= 0.6 is 0 Å². The van der Waals surface area contributed by atoms with Crippen molar-refractivity contribution in [3.63, 3.8) is 0 Å². The molecule has 118 valence electrons. The Morgan fingerprint density at radius 2 is 1.52 bits per heavy atom. The highest BCUT2D eigenvalue weighted by atomic mass is 16.4. The largest absolute Gasteiger partial charge is 0.480 e. The average molecular weight is 303 g/mol. The topological polar surface area (TPSA) is 208 Å². The lowest BCUT2D eigenvalue weighted by Crippen LogP contribution is -2.49. The van der Waals surface area contributed by atoms with Crippen molar-refractivity contribution in [2.45, 2.75) is 24.9 Å². The predicted molar refractivity (Wildman–Crippen MR) is 68.2 cm³/mol. The first-order chi connectivity index (χ1) is 9.63. The molecular formula is C10H17N5O6. The van der Waals surface area contributed by atoms with Crippen LogP contribution in [0, 0.1) is 0 Å². The molecule has 0 saturated heterocycles. The number of amides is 4. The van der Waals surface area contributed by atoms with Gasteiger partial charge in [-0.3, -0.25) is 19.2 Å². The van der Waals surface area contributed by atoms with E-state index in [0.29, 0.717) is 0 Å². The minimum absolute atomic E-state index is 0.396. The molecule has 11 heteroatoms. The van der Waals surface area contributed by atoms with Gasteiger partial charge >= 0.3 is 5.97 Å². The zero-order valence-corrected chi connectivity index (χ0v) is 11.0. The van der Waals surface area contributed by atoms with E-state index in [-0.39, 0.29) is 0 Å². The molecular weight excluding hydrogens is 286 g/mol. The smallest absolute Gasteiger partial charge is 0.326 e. The number of carboxylic acids is 1. The van der Waals surface area contributed by atoms with Crippen LogP contribution in [0.3, 0.4) is 0 Å². The molecule has 0 unspecified atom stereocenters. The molecule has 0 aliphatic heterocycles. The summed E-state index contributed by atoms with van der Waals surface area (Å²) in [4.78, 5) is 54.7. The van der Waals surface area contributed by atoms with Crippen molar-refractivity contribution in [1.82, 2.24) is 10.6 Å². The Morgan fingerprint density at radius 3 is 1.95 bits per heavy atom.